The minimum absolute atomic E-state index is 0.347. The summed E-state index contributed by atoms with van der Waals surface area (Å²) in [6, 6.07) is 6.81. The second-order valence-corrected chi connectivity index (χ2v) is 4.95. The maximum atomic E-state index is 12.2. The maximum Gasteiger partial charge on any atom is 0.346 e. The van der Waals surface area contributed by atoms with Gasteiger partial charge in [-0.2, -0.15) is 5.10 Å². The highest BCUT2D eigenvalue weighted by molar-refractivity contribution is 6.07. The van der Waals surface area contributed by atoms with Crippen LogP contribution in [0.4, 0.5) is 4.79 Å². The molecule has 1 fully saturated rings. The zero-order valence-electron chi connectivity index (χ0n) is 12.4. The van der Waals surface area contributed by atoms with Crippen LogP contribution in [0.15, 0.2) is 29.4 Å². The van der Waals surface area contributed by atoms with Gasteiger partial charge in [0.25, 0.3) is 5.91 Å². The Bertz CT molecular complexity index is 585. The van der Waals surface area contributed by atoms with E-state index in [4.69, 9.17) is 4.74 Å². The van der Waals surface area contributed by atoms with Crippen LogP contribution in [0.1, 0.15) is 32.8 Å². The summed E-state index contributed by atoms with van der Waals surface area (Å²) in [5.41, 5.74) is -0.168. The number of rotatable bonds is 5. The van der Waals surface area contributed by atoms with Gasteiger partial charge in [0.15, 0.2) is 0 Å². The van der Waals surface area contributed by atoms with Crippen molar-refractivity contribution in [3.05, 3.63) is 29.8 Å². The predicted octanol–water partition coefficient (Wildman–Crippen LogP) is 2.14. The zero-order valence-corrected chi connectivity index (χ0v) is 12.4. The number of carbonyl (C=O) groups excluding carboxylic acids is 2. The number of imide groups is 1. The summed E-state index contributed by atoms with van der Waals surface area (Å²) >= 11 is 0. The van der Waals surface area contributed by atoms with Crippen LogP contribution in [-0.2, 0) is 4.79 Å². The third-order valence-electron chi connectivity index (χ3n) is 3.48. The lowest BCUT2D eigenvalue weighted by Crippen LogP contribution is -2.42. The molecule has 1 N–H and O–H groups in total. The van der Waals surface area contributed by atoms with E-state index in [1.165, 1.54) is 6.21 Å². The predicted molar refractivity (Wildman–Crippen MR) is 79.3 cm³/mol. The number of urea groups is 1. The topological polar surface area (TPSA) is 71.0 Å². The van der Waals surface area contributed by atoms with Gasteiger partial charge in [-0.25, -0.2) is 4.79 Å². The van der Waals surface area contributed by atoms with E-state index < -0.39 is 11.6 Å². The highest BCUT2D eigenvalue weighted by Crippen LogP contribution is 2.21. The van der Waals surface area contributed by atoms with Crippen molar-refractivity contribution in [1.82, 2.24) is 10.3 Å². The van der Waals surface area contributed by atoms with Crippen LogP contribution >= 0.6 is 0 Å². The van der Waals surface area contributed by atoms with Crippen molar-refractivity contribution >= 4 is 18.2 Å². The van der Waals surface area contributed by atoms with Gasteiger partial charge < -0.3 is 10.1 Å². The minimum atomic E-state index is -0.881. The first-order valence-corrected chi connectivity index (χ1v) is 6.94. The van der Waals surface area contributed by atoms with E-state index in [0.29, 0.717) is 24.3 Å². The summed E-state index contributed by atoms with van der Waals surface area (Å²) in [6.07, 6.45) is 1.98. The van der Waals surface area contributed by atoms with Crippen LogP contribution < -0.4 is 10.1 Å². The lowest BCUT2D eigenvalue weighted by Gasteiger charge is -2.17. The van der Waals surface area contributed by atoms with E-state index >= 15 is 0 Å². The highest BCUT2D eigenvalue weighted by Gasteiger charge is 2.46. The van der Waals surface area contributed by atoms with Gasteiger partial charge in [-0.3, -0.25) is 4.79 Å². The Labute approximate surface area is 123 Å². The van der Waals surface area contributed by atoms with Crippen molar-refractivity contribution in [2.45, 2.75) is 32.7 Å². The summed E-state index contributed by atoms with van der Waals surface area (Å²) in [4.78, 5) is 24.0. The average molecular weight is 289 g/mol. The van der Waals surface area contributed by atoms with Crippen molar-refractivity contribution in [3.8, 4) is 5.75 Å². The molecule has 1 aliphatic heterocycles. The quantitative estimate of drug-likeness (QED) is 0.667. The van der Waals surface area contributed by atoms with Crippen molar-refractivity contribution in [3.63, 3.8) is 0 Å². The van der Waals surface area contributed by atoms with E-state index in [1.807, 2.05) is 38.1 Å². The van der Waals surface area contributed by atoms with Crippen LogP contribution in [0.25, 0.3) is 0 Å². The number of hydrazone groups is 1. The molecular weight excluding hydrogens is 270 g/mol. The van der Waals surface area contributed by atoms with Crippen LogP contribution in [0.3, 0.4) is 0 Å². The van der Waals surface area contributed by atoms with E-state index in [0.717, 1.165) is 5.01 Å². The lowest BCUT2D eigenvalue weighted by molar-refractivity contribution is -0.130. The first-order chi connectivity index (χ1) is 10.0. The van der Waals surface area contributed by atoms with Crippen molar-refractivity contribution in [2.75, 3.05) is 6.61 Å². The third kappa shape index (κ3) is 2.89. The SMILES string of the molecule is CCOc1ccccc1/C=N\N1C(=O)N[C@@](C)(CC)C1=O. The molecule has 1 aliphatic rings. The Morgan fingerprint density at radius 1 is 1.33 bits per heavy atom. The fourth-order valence-corrected chi connectivity index (χ4v) is 2.01. The highest BCUT2D eigenvalue weighted by atomic mass is 16.5. The first-order valence-electron chi connectivity index (χ1n) is 6.94. The molecule has 1 aromatic carbocycles. The van der Waals surface area contributed by atoms with E-state index in [1.54, 1.807) is 6.92 Å². The Kier molecular flexibility index (Phi) is 4.26. The lowest BCUT2D eigenvalue weighted by atomic mass is 10.00. The molecule has 1 atom stereocenters. The Hall–Kier alpha value is -2.37. The largest absolute Gasteiger partial charge is 0.493 e. The average Bonchev–Trinajstić information content (AvgIpc) is 2.69. The van der Waals surface area contributed by atoms with Crippen LogP contribution in [0, 0.1) is 0 Å². The minimum Gasteiger partial charge on any atom is -0.493 e. The fourth-order valence-electron chi connectivity index (χ4n) is 2.01. The standard InChI is InChI=1S/C15H19N3O3/c1-4-15(3)13(19)18(14(20)17-15)16-10-11-8-6-7-9-12(11)21-5-2/h6-10H,4-5H2,1-3H3,(H,17,20)/b16-10-/t15-/m0/s1. The first kappa shape index (κ1) is 15.0. The molecule has 1 aromatic rings. The Balaban J connectivity index is 2.22. The molecule has 1 saturated heterocycles. The second-order valence-electron chi connectivity index (χ2n) is 4.95. The molecule has 1 heterocycles. The van der Waals surface area contributed by atoms with E-state index in [9.17, 15) is 9.59 Å². The molecule has 0 aromatic heterocycles. The molecule has 21 heavy (non-hydrogen) atoms. The van der Waals surface area contributed by atoms with Gasteiger partial charge in [0, 0.05) is 5.56 Å². The van der Waals surface area contributed by atoms with Gasteiger partial charge in [-0.05, 0) is 32.4 Å². The number of hydrogen-bond donors (Lipinski definition) is 1. The van der Waals surface area contributed by atoms with Crippen molar-refractivity contribution in [2.24, 2.45) is 5.10 Å². The number of nitrogens with zero attached hydrogens (tertiary/aromatic N) is 2. The van der Waals surface area contributed by atoms with Gasteiger partial charge in [-0.15, -0.1) is 5.01 Å². The van der Waals surface area contributed by atoms with Gasteiger partial charge >= 0.3 is 6.03 Å². The second kappa shape index (κ2) is 5.95. The van der Waals surface area contributed by atoms with Crippen molar-refractivity contribution < 1.29 is 14.3 Å². The molecule has 112 valence electrons. The van der Waals surface area contributed by atoms with Crippen LogP contribution in [0.5, 0.6) is 5.75 Å². The summed E-state index contributed by atoms with van der Waals surface area (Å²) in [5.74, 6) is 0.314. The molecule has 0 unspecified atom stereocenters. The number of amides is 3. The summed E-state index contributed by atoms with van der Waals surface area (Å²) in [5, 5.41) is 7.52. The summed E-state index contributed by atoms with van der Waals surface area (Å²) in [7, 11) is 0. The van der Waals surface area contributed by atoms with Gasteiger partial charge in [0.2, 0.25) is 0 Å². The normalized spacial score (nSPS) is 22.0. The number of benzene rings is 1. The number of ether oxygens (including phenoxy) is 1. The van der Waals surface area contributed by atoms with Crippen molar-refractivity contribution in [1.29, 1.82) is 0 Å². The van der Waals surface area contributed by atoms with Crippen LogP contribution in [0.2, 0.25) is 0 Å². The van der Waals surface area contributed by atoms with E-state index in [-0.39, 0.29) is 5.91 Å². The molecular formula is C15H19N3O3. The molecule has 0 aliphatic carbocycles. The monoisotopic (exact) mass is 289 g/mol. The molecule has 0 spiro atoms. The molecule has 0 bridgehead atoms. The van der Waals surface area contributed by atoms with Gasteiger partial charge in [0.05, 0.1) is 12.8 Å². The number of nitrogens with one attached hydrogen (secondary N) is 1. The molecule has 0 saturated carbocycles. The van der Waals surface area contributed by atoms with E-state index in [2.05, 4.69) is 10.4 Å². The summed E-state index contributed by atoms with van der Waals surface area (Å²) in [6.45, 7) is 5.95. The fraction of sp³-hybridized carbons (Fsp3) is 0.400. The Morgan fingerprint density at radius 3 is 2.67 bits per heavy atom. The number of hydrogen-bond acceptors (Lipinski definition) is 4. The Morgan fingerprint density at radius 2 is 2.05 bits per heavy atom. The summed E-state index contributed by atoms with van der Waals surface area (Å²) < 4.78 is 5.47. The number of para-hydroxylation sites is 1. The van der Waals surface area contributed by atoms with Gasteiger partial charge in [0.1, 0.15) is 11.3 Å². The number of carbonyl (C=O) groups is 2. The molecule has 0 radical (unpaired) electrons. The van der Waals surface area contributed by atoms with Crippen LogP contribution in [-0.4, -0.2) is 35.3 Å². The smallest absolute Gasteiger partial charge is 0.346 e. The molecule has 6 heteroatoms. The molecule has 6 nitrogen and oxygen atoms in total. The third-order valence-corrected chi connectivity index (χ3v) is 3.48. The van der Waals surface area contributed by atoms with Gasteiger partial charge in [-0.1, -0.05) is 19.1 Å². The maximum absolute atomic E-state index is 12.2. The molecule has 3 amide bonds. The molecule has 2 rings (SSSR count). The zero-order chi connectivity index (χ0) is 15.5.